The van der Waals surface area contributed by atoms with Crippen LogP contribution in [-0.2, 0) is 25.5 Å². The van der Waals surface area contributed by atoms with E-state index < -0.39 is 41.8 Å². The standard InChI is InChI=1S/C18H20FN3O5/c19-13-7-3-2-6-12(13)10-15(24)27-11-14(23)21-22-16(25)18(20-17(22)26)8-4-1-5-9-18/h2-3,6-7H,1,4-5,8-11H2,(H,20,26)(H,21,23). The molecule has 27 heavy (non-hydrogen) atoms. The first-order chi connectivity index (χ1) is 12.9. The molecule has 2 fully saturated rings. The van der Waals surface area contributed by atoms with Gasteiger partial charge in [0.1, 0.15) is 11.4 Å². The summed E-state index contributed by atoms with van der Waals surface area (Å²) in [5, 5.41) is 3.29. The number of imide groups is 1. The Bertz CT molecular complexity index is 776. The topological polar surface area (TPSA) is 105 Å². The molecule has 0 bridgehead atoms. The lowest BCUT2D eigenvalue weighted by atomic mass is 9.82. The van der Waals surface area contributed by atoms with Crippen LogP contribution in [0, 0.1) is 5.82 Å². The summed E-state index contributed by atoms with van der Waals surface area (Å²) in [6.07, 6.45) is 3.37. The number of urea groups is 1. The third kappa shape index (κ3) is 4.07. The van der Waals surface area contributed by atoms with Gasteiger partial charge >= 0.3 is 12.0 Å². The Morgan fingerprint density at radius 1 is 1.19 bits per heavy atom. The highest BCUT2D eigenvalue weighted by Gasteiger charge is 2.52. The number of nitrogens with one attached hydrogen (secondary N) is 2. The van der Waals surface area contributed by atoms with E-state index in [0.717, 1.165) is 19.3 Å². The summed E-state index contributed by atoms with van der Waals surface area (Å²) < 4.78 is 18.3. The van der Waals surface area contributed by atoms with Gasteiger partial charge in [-0.15, -0.1) is 0 Å². The van der Waals surface area contributed by atoms with E-state index in [-0.39, 0.29) is 12.0 Å². The number of halogens is 1. The Kier molecular flexibility index (Phi) is 5.38. The monoisotopic (exact) mass is 377 g/mol. The average molecular weight is 377 g/mol. The number of hydrogen-bond acceptors (Lipinski definition) is 5. The SMILES string of the molecule is O=C(COC(=O)Cc1ccccc1F)NN1C(=O)NC2(CCCCC2)C1=O. The van der Waals surface area contributed by atoms with Crippen molar-refractivity contribution in [2.75, 3.05) is 6.61 Å². The number of amides is 4. The highest BCUT2D eigenvalue weighted by atomic mass is 19.1. The molecule has 1 heterocycles. The van der Waals surface area contributed by atoms with Crippen LogP contribution in [-0.4, -0.2) is 41.0 Å². The number of hydrogen-bond donors (Lipinski definition) is 2. The van der Waals surface area contributed by atoms with Crippen LogP contribution in [0.5, 0.6) is 0 Å². The van der Waals surface area contributed by atoms with E-state index in [1.54, 1.807) is 6.07 Å². The maximum Gasteiger partial charge on any atom is 0.344 e. The first-order valence-corrected chi connectivity index (χ1v) is 8.76. The largest absolute Gasteiger partial charge is 0.455 e. The molecule has 4 amide bonds. The predicted octanol–water partition coefficient (Wildman–Crippen LogP) is 1.20. The van der Waals surface area contributed by atoms with Crippen LogP contribution in [0.2, 0.25) is 0 Å². The number of benzene rings is 1. The second-order valence-corrected chi connectivity index (χ2v) is 6.68. The minimum atomic E-state index is -0.954. The molecule has 9 heteroatoms. The normalized spacial score (nSPS) is 18.3. The maximum absolute atomic E-state index is 13.5. The number of nitrogens with zero attached hydrogens (tertiary/aromatic N) is 1. The van der Waals surface area contributed by atoms with Gasteiger partial charge in [-0.05, 0) is 24.5 Å². The number of esters is 1. The molecule has 0 aromatic heterocycles. The van der Waals surface area contributed by atoms with Gasteiger partial charge in [0.25, 0.3) is 11.8 Å². The molecule has 1 aliphatic heterocycles. The van der Waals surface area contributed by atoms with Gasteiger partial charge in [0.05, 0.1) is 6.42 Å². The van der Waals surface area contributed by atoms with Gasteiger partial charge in [-0.3, -0.25) is 19.8 Å². The molecule has 1 spiro atoms. The van der Waals surface area contributed by atoms with Crippen LogP contribution in [0.3, 0.4) is 0 Å². The fourth-order valence-corrected chi connectivity index (χ4v) is 3.37. The molecule has 144 valence electrons. The van der Waals surface area contributed by atoms with Gasteiger partial charge in [-0.1, -0.05) is 37.5 Å². The lowest BCUT2D eigenvalue weighted by Crippen LogP contribution is -2.51. The summed E-state index contributed by atoms with van der Waals surface area (Å²) >= 11 is 0. The first kappa shape index (κ1) is 18.8. The van der Waals surface area contributed by atoms with E-state index in [2.05, 4.69) is 10.7 Å². The van der Waals surface area contributed by atoms with E-state index in [0.29, 0.717) is 17.9 Å². The smallest absolute Gasteiger partial charge is 0.344 e. The van der Waals surface area contributed by atoms with Gasteiger partial charge in [0, 0.05) is 0 Å². The van der Waals surface area contributed by atoms with Gasteiger partial charge in [-0.25, -0.2) is 9.18 Å². The van der Waals surface area contributed by atoms with Gasteiger partial charge in [-0.2, -0.15) is 5.01 Å². The van der Waals surface area contributed by atoms with Gasteiger partial charge < -0.3 is 10.1 Å². The van der Waals surface area contributed by atoms with Crippen molar-refractivity contribution in [1.82, 2.24) is 15.8 Å². The molecule has 1 saturated heterocycles. The van der Waals surface area contributed by atoms with Crippen molar-refractivity contribution in [1.29, 1.82) is 0 Å². The number of ether oxygens (including phenoxy) is 1. The van der Waals surface area contributed by atoms with E-state index >= 15 is 0 Å². The lowest BCUT2D eigenvalue weighted by Gasteiger charge is -2.30. The number of hydrazine groups is 1. The molecule has 0 unspecified atom stereocenters. The van der Waals surface area contributed by atoms with Crippen LogP contribution in [0.4, 0.5) is 9.18 Å². The summed E-state index contributed by atoms with van der Waals surface area (Å²) in [4.78, 5) is 48.3. The quantitative estimate of drug-likeness (QED) is 0.593. The zero-order chi connectivity index (χ0) is 19.4. The summed E-state index contributed by atoms with van der Waals surface area (Å²) in [5.74, 6) is -2.67. The molecule has 0 radical (unpaired) electrons. The minimum Gasteiger partial charge on any atom is -0.455 e. The second-order valence-electron chi connectivity index (χ2n) is 6.68. The number of carbonyl (C=O) groups is 4. The summed E-state index contributed by atoms with van der Waals surface area (Å²) in [6, 6.07) is 5.03. The lowest BCUT2D eigenvalue weighted by molar-refractivity contribution is -0.150. The first-order valence-electron chi connectivity index (χ1n) is 8.76. The maximum atomic E-state index is 13.5. The molecule has 0 atom stereocenters. The number of carbonyl (C=O) groups excluding carboxylic acids is 4. The van der Waals surface area contributed by atoms with Crippen molar-refractivity contribution < 1.29 is 28.3 Å². The Morgan fingerprint density at radius 2 is 1.89 bits per heavy atom. The Hall–Kier alpha value is -2.97. The van der Waals surface area contributed by atoms with Crippen molar-refractivity contribution in [2.24, 2.45) is 0 Å². The fourth-order valence-electron chi connectivity index (χ4n) is 3.37. The van der Waals surface area contributed by atoms with Crippen molar-refractivity contribution in [3.63, 3.8) is 0 Å². The van der Waals surface area contributed by atoms with Crippen molar-refractivity contribution in [3.05, 3.63) is 35.6 Å². The van der Waals surface area contributed by atoms with Crippen LogP contribution in [0.1, 0.15) is 37.7 Å². The van der Waals surface area contributed by atoms with E-state index in [4.69, 9.17) is 4.74 Å². The van der Waals surface area contributed by atoms with Crippen LogP contribution in [0.25, 0.3) is 0 Å². The molecule has 3 rings (SSSR count). The van der Waals surface area contributed by atoms with Gasteiger partial charge in [0.2, 0.25) is 0 Å². The summed E-state index contributed by atoms with van der Waals surface area (Å²) in [6.45, 7) is -0.683. The molecule has 2 N–H and O–H groups in total. The average Bonchev–Trinajstić information content (AvgIpc) is 2.86. The molecule has 1 aromatic rings. The highest BCUT2D eigenvalue weighted by Crippen LogP contribution is 2.32. The van der Waals surface area contributed by atoms with Crippen molar-refractivity contribution in [3.8, 4) is 0 Å². The van der Waals surface area contributed by atoms with E-state index in [1.165, 1.54) is 18.2 Å². The fraction of sp³-hybridized carbons (Fsp3) is 0.444. The zero-order valence-corrected chi connectivity index (χ0v) is 14.6. The minimum absolute atomic E-state index is 0.149. The Balaban J connectivity index is 1.50. The molecule has 2 aliphatic rings. The van der Waals surface area contributed by atoms with Crippen LogP contribution >= 0.6 is 0 Å². The highest BCUT2D eigenvalue weighted by molar-refractivity contribution is 6.08. The third-order valence-electron chi connectivity index (χ3n) is 4.76. The molecule has 1 aromatic carbocycles. The second kappa shape index (κ2) is 7.73. The van der Waals surface area contributed by atoms with Crippen molar-refractivity contribution >= 4 is 23.8 Å². The molecule has 8 nitrogen and oxygen atoms in total. The van der Waals surface area contributed by atoms with Crippen molar-refractivity contribution in [2.45, 2.75) is 44.1 Å². The zero-order valence-electron chi connectivity index (χ0n) is 14.6. The van der Waals surface area contributed by atoms with E-state index in [9.17, 15) is 23.6 Å². The number of rotatable bonds is 5. The Labute approximate surface area is 155 Å². The molecular weight excluding hydrogens is 357 g/mol. The van der Waals surface area contributed by atoms with E-state index in [1.807, 2.05) is 0 Å². The van der Waals surface area contributed by atoms with Crippen LogP contribution < -0.4 is 10.7 Å². The van der Waals surface area contributed by atoms with Gasteiger partial charge in [0.15, 0.2) is 6.61 Å². The molecule has 1 aliphatic carbocycles. The van der Waals surface area contributed by atoms with Crippen LogP contribution in [0.15, 0.2) is 24.3 Å². The third-order valence-corrected chi connectivity index (χ3v) is 4.76. The predicted molar refractivity (Wildman–Crippen MR) is 90.4 cm³/mol. The molecule has 1 saturated carbocycles. The summed E-state index contributed by atoms with van der Waals surface area (Å²) in [5.41, 5.74) is 1.36. The summed E-state index contributed by atoms with van der Waals surface area (Å²) in [7, 11) is 0. The molecular formula is C18H20FN3O5. The Morgan fingerprint density at radius 3 is 2.59 bits per heavy atom.